The predicted octanol–water partition coefficient (Wildman–Crippen LogP) is 2.77. The van der Waals surface area contributed by atoms with Gasteiger partial charge in [-0.2, -0.15) is 0 Å². The van der Waals surface area contributed by atoms with Crippen LogP contribution in [0.1, 0.15) is 27.2 Å². The molecule has 0 atom stereocenters. The fourth-order valence-electron chi connectivity index (χ4n) is 1.68. The van der Waals surface area contributed by atoms with Crippen LogP contribution in [-0.4, -0.2) is 50.3 Å². The minimum absolute atomic E-state index is 0.151. The number of benzene rings is 1. The van der Waals surface area contributed by atoms with Gasteiger partial charge in [0.25, 0.3) is 5.91 Å². The van der Waals surface area contributed by atoms with Crippen LogP contribution in [0.5, 0.6) is 5.75 Å². The highest BCUT2D eigenvalue weighted by molar-refractivity contribution is 5.96. The fourth-order valence-corrected chi connectivity index (χ4v) is 1.68. The molecule has 22 heavy (non-hydrogen) atoms. The number of rotatable bonds is 9. The largest absolute Gasteiger partial charge is 0.492 e. The Morgan fingerprint density at radius 2 is 1.82 bits per heavy atom. The Morgan fingerprint density at radius 1 is 1.18 bits per heavy atom. The van der Waals surface area contributed by atoms with Gasteiger partial charge in [-0.15, -0.1) is 0 Å². The van der Waals surface area contributed by atoms with Gasteiger partial charge in [0.15, 0.2) is 0 Å². The number of nitrogens with one attached hydrogen (secondary N) is 1. The lowest BCUT2D eigenvalue weighted by Gasteiger charge is -2.24. The van der Waals surface area contributed by atoms with Gasteiger partial charge in [-0.05, 0) is 58.6 Å². The quantitative estimate of drug-likeness (QED) is 0.762. The van der Waals surface area contributed by atoms with Gasteiger partial charge < -0.3 is 19.7 Å². The van der Waals surface area contributed by atoms with E-state index in [1.54, 1.807) is 13.8 Å². The van der Waals surface area contributed by atoms with E-state index in [-0.39, 0.29) is 5.91 Å². The SMILES string of the molecule is CCCOC(C)(C)C(=O)Nc1ccc(OCCN(C)C)cc1. The maximum atomic E-state index is 12.2. The van der Waals surface area contributed by atoms with Crippen LogP contribution in [0.4, 0.5) is 5.69 Å². The van der Waals surface area contributed by atoms with E-state index in [0.717, 1.165) is 24.4 Å². The van der Waals surface area contributed by atoms with Crippen molar-refractivity contribution < 1.29 is 14.3 Å². The molecule has 0 saturated heterocycles. The lowest BCUT2D eigenvalue weighted by Crippen LogP contribution is -2.40. The summed E-state index contributed by atoms with van der Waals surface area (Å²) in [5.41, 5.74) is -0.102. The van der Waals surface area contributed by atoms with Crippen LogP contribution in [0.2, 0.25) is 0 Å². The second kappa shape index (κ2) is 8.76. The second-order valence-corrected chi connectivity index (χ2v) is 5.99. The van der Waals surface area contributed by atoms with E-state index in [2.05, 4.69) is 10.2 Å². The van der Waals surface area contributed by atoms with Crippen LogP contribution in [0, 0.1) is 0 Å². The van der Waals surface area contributed by atoms with Crippen molar-refractivity contribution in [3.05, 3.63) is 24.3 Å². The summed E-state index contributed by atoms with van der Waals surface area (Å²) in [6.07, 6.45) is 0.885. The smallest absolute Gasteiger partial charge is 0.256 e. The molecule has 0 aliphatic heterocycles. The molecule has 1 N–H and O–H groups in total. The number of amides is 1. The van der Waals surface area contributed by atoms with E-state index >= 15 is 0 Å². The summed E-state index contributed by atoms with van der Waals surface area (Å²) in [5.74, 6) is 0.642. The summed E-state index contributed by atoms with van der Waals surface area (Å²) in [6, 6.07) is 7.37. The Balaban J connectivity index is 2.51. The molecule has 1 aromatic carbocycles. The van der Waals surface area contributed by atoms with E-state index in [0.29, 0.717) is 13.2 Å². The molecule has 5 heteroatoms. The molecule has 0 aromatic heterocycles. The number of ether oxygens (including phenoxy) is 2. The van der Waals surface area contributed by atoms with Gasteiger partial charge in [0.2, 0.25) is 0 Å². The Bertz CT molecular complexity index is 455. The monoisotopic (exact) mass is 308 g/mol. The van der Waals surface area contributed by atoms with E-state index in [4.69, 9.17) is 9.47 Å². The fraction of sp³-hybridized carbons (Fsp3) is 0.588. The third-order valence-corrected chi connectivity index (χ3v) is 3.13. The first kappa shape index (κ1) is 18.5. The number of hydrogen-bond donors (Lipinski definition) is 1. The maximum Gasteiger partial charge on any atom is 0.256 e. The van der Waals surface area contributed by atoms with Gasteiger partial charge in [0.05, 0.1) is 0 Å². The van der Waals surface area contributed by atoms with Crippen molar-refractivity contribution in [3.63, 3.8) is 0 Å². The van der Waals surface area contributed by atoms with E-state index in [1.165, 1.54) is 0 Å². The van der Waals surface area contributed by atoms with Gasteiger partial charge in [-0.25, -0.2) is 0 Å². The van der Waals surface area contributed by atoms with Crippen molar-refractivity contribution in [2.45, 2.75) is 32.8 Å². The molecule has 1 rings (SSSR count). The van der Waals surface area contributed by atoms with Crippen LogP contribution in [0.25, 0.3) is 0 Å². The third kappa shape index (κ3) is 6.45. The molecule has 0 aliphatic rings. The normalized spacial score (nSPS) is 11.5. The lowest BCUT2D eigenvalue weighted by atomic mass is 10.1. The van der Waals surface area contributed by atoms with Gasteiger partial charge in [-0.3, -0.25) is 4.79 Å². The van der Waals surface area contributed by atoms with E-state index in [1.807, 2.05) is 45.3 Å². The van der Waals surface area contributed by atoms with Crippen LogP contribution < -0.4 is 10.1 Å². The number of carbonyl (C=O) groups is 1. The second-order valence-electron chi connectivity index (χ2n) is 5.99. The molecule has 0 spiro atoms. The molecule has 0 heterocycles. The molecule has 124 valence electrons. The zero-order chi connectivity index (χ0) is 16.6. The summed E-state index contributed by atoms with van der Waals surface area (Å²) in [5, 5.41) is 2.86. The van der Waals surface area contributed by atoms with E-state index in [9.17, 15) is 4.79 Å². The summed E-state index contributed by atoms with van der Waals surface area (Å²) in [4.78, 5) is 14.3. The summed E-state index contributed by atoms with van der Waals surface area (Å²) < 4.78 is 11.2. The Morgan fingerprint density at radius 3 is 2.36 bits per heavy atom. The predicted molar refractivity (Wildman–Crippen MR) is 89.4 cm³/mol. The third-order valence-electron chi connectivity index (χ3n) is 3.13. The molecule has 0 bridgehead atoms. The first-order valence-electron chi connectivity index (χ1n) is 7.68. The number of hydrogen-bond acceptors (Lipinski definition) is 4. The van der Waals surface area contributed by atoms with Crippen molar-refractivity contribution in [2.24, 2.45) is 0 Å². The summed E-state index contributed by atoms with van der Waals surface area (Å²) in [7, 11) is 4.01. The highest BCUT2D eigenvalue weighted by Gasteiger charge is 2.28. The first-order chi connectivity index (χ1) is 10.3. The molecule has 0 aliphatic carbocycles. The summed E-state index contributed by atoms with van der Waals surface area (Å²) >= 11 is 0. The molecule has 5 nitrogen and oxygen atoms in total. The Kier molecular flexibility index (Phi) is 7.35. The first-order valence-corrected chi connectivity index (χ1v) is 7.68. The molecule has 1 aromatic rings. The highest BCUT2D eigenvalue weighted by atomic mass is 16.5. The zero-order valence-corrected chi connectivity index (χ0v) is 14.3. The molecule has 0 radical (unpaired) electrons. The molecule has 1 amide bonds. The van der Waals surface area contributed by atoms with Gasteiger partial charge >= 0.3 is 0 Å². The highest BCUT2D eigenvalue weighted by Crippen LogP contribution is 2.18. The average molecular weight is 308 g/mol. The van der Waals surface area contributed by atoms with Crippen LogP contribution in [-0.2, 0) is 9.53 Å². The van der Waals surface area contributed by atoms with Gasteiger partial charge in [0.1, 0.15) is 18.0 Å². The number of likely N-dealkylation sites (N-methyl/N-ethyl adjacent to an activating group) is 1. The molecular formula is C17H28N2O3. The van der Waals surface area contributed by atoms with Gasteiger partial charge in [-0.1, -0.05) is 6.92 Å². The minimum Gasteiger partial charge on any atom is -0.492 e. The van der Waals surface area contributed by atoms with Crippen molar-refractivity contribution in [1.82, 2.24) is 4.90 Å². The topological polar surface area (TPSA) is 50.8 Å². The summed E-state index contributed by atoms with van der Waals surface area (Å²) in [6.45, 7) is 7.63. The number of anilines is 1. The minimum atomic E-state index is -0.836. The van der Waals surface area contributed by atoms with Crippen molar-refractivity contribution >= 4 is 11.6 Å². The Labute approximate surface area is 133 Å². The van der Waals surface area contributed by atoms with Crippen LogP contribution in [0.3, 0.4) is 0 Å². The molecule has 0 saturated carbocycles. The van der Waals surface area contributed by atoms with Crippen LogP contribution in [0.15, 0.2) is 24.3 Å². The van der Waals surface area contributed by atoms with Crippen molar-refractivity contribution in [2.75, 3.05) is 39.2 Å². The van der Waals surface area contributed by atoms with Gasteiger partial charge in [0, 0.05) is 18.8 Å². The van der Waals surface area contributed by atoms with Crippen molar-refractivity contribution in [3.8, 4) is 5.75 Å². The average Bonchev–Trinajstić information content (AvgIpc) is 2.46. The zero-order valence-electron chi connectivity index (χ0n) is 14.3. The van der Waals surface area contributed by atoms with Crippen LogP contribution >= 0.6 is 0 Å². The van der Waals surface area contributed by atoms with Crippen molar-refractivity contribution in [1.29, 1.82) is 0 Å². The molecular weight excluding hydrogens is 280 g/mol. The Hall–Kier alpha value is -1.59. The standard InChI is InChI=1S/C17H28N2O3/c1-6-12-22-17(2,3)16(20)18-14-7-9-15(10-8-14)21-13-11-19(4)5/h7-10H,6,11-13H2,1-5H3,(H,18,20). The molecule has 0 fully saturated rings. The number of carbonyl (C=O) groups excluding carboxylic acids is 1. The maximum absolute atomic E-state index is 12.2. The lowest BCUT2D eigenvalue weighted by molar-refractivity contribution is -0.137. The van der Waals surface area contributed by atoms with E-state index < -0.39 is 5.60 Å². The molecule has 0 unspecified atom stereocenters. The number of nitrogens with zero attached hydrogens (tertiary/aromatic N) is 1.